The number of rotatable bonds is 4. The number of carbonyl (C=O) groups is 1. The Morgan fingerprint density at radius 1 is 1.39 bits per heavy atom. The van der Waals surface area contributed by atoms with E-state index in [0.717, 1.165) is 12.8 Å². The van der Waals surface area contributed by atoms with Gasteiger partial charge in [-0.25, -0.2) is 4.79 Å². The third-order valence-corrected chi connectivity index (χ3v) is 3.44. The predicted molar refractivity (Wildman–Crippen MR) is 67.3 cm³/mol. The molecule has 1 aromatic rings. The summed E-state index contributed by atoms with van der Waals surface area (Å²) >= 11 is 5.82. The zero-order valence-electron chi connectivity index (χ0n) is 9.86. The third-order valence-electron chi connectivity index (χ3n) is 3.20. The fraction of sp³-hybridized carbons (Fsp3) is 0.462. The number of benzene rings is 1. The van der Waals surface area contributed by atoms with Crippen molar-refractivity contribution in [2.75, 3.05) is 6.61 Å². The maximum Gasteiger partial charge on any atom is 0.339 e. The van der Waals surface area contributed by atoms with Gasteiger partial charge in [0.15, 0.2) is 0 Å². The van der Waals surface area contributed by atoms with Gasteiger partial charge in [-0.15, -0.1) is 0 Å². The van der Waals surface area contributed by atoms with E-state index in [0.29, 0.717) is 17.9 Å². The molecule has 1 aromatic carbocycles. The molecule has 2 rings (SSSR count). The molecular weight excluding hydrogens is 256 g/mol. The van der Waals surface area contributed by atoms with Gasteiger partial charge >= 0.3 is 5.97 Å². The van der Waals surface area contributed by atoms with Crippen LogP contribution < -0.4 is 4.74 Å². The van der Waals surface area contributed by atoms with Gasteiger partial charge in [-0.05, 0) is 31.0 Å². The molecule has 0 atom stereocenters. The highest BCUT2D eigenvalue weighted by atomic mass is 35.5. The number of aromatic carboxylic acids is 1. The van der Waals surface area contributed by atoms with Crippen LogP contribution in [-0.4, -0.2) is 28.4 Å². The van der Waals surface area contributed by atoms with E-state index >= 15 is 0 Å². The average molecular weight is 271 g/mol. The fourth-order valence-electron chi connectivity index (χ4n) is 2.18. The van der Waals surface area contributed by atoms with E-state index in [4.69, 9.17) is 21.4 Å². The van der Waals surface area contributed by atoms with Crippen molar-refractivity contribution in [1.82, 2.24) is 0 Å². The van der Waals surface area contributed by atoms with Gasteiger partial charge in [-0.1, -0.05) is 24.4 Å². The van der Waals surface area contributed by atoms with E-state index < -0.39 is 11.6 Å². The Bertz CT molecular complexity index is 452. The molecule has 0 heterocycles. The van der Waals surface area contributed by atoms with Crippen LogP contribution in [0.5, 0.6) is 5.75 Å². The van der Waals surface area contributed by atoms with E-state index in [9.17, 15) is 9.90 Å². The molecule has 1 aliphatic rings. The van der Waals surface area contributed by atoms with Crippen LogP contribution in [0.2, 0.25) is 5.02 Å². The summed E-state index contributed by atoms with van der Waals surface area (Å²) < 4.78 is 5.45. The average Bonchev–Trinajstić information content (AvgIpc) is 2.74. The van der Waals surface area contributed by atoms with Crippen LogP contribution in [0.15, 0.2) is 18.2 Å². The van der Waals surface area contributed by atoms with Crippen molar-refractivity contribution in [2.45, 2.75) is 31.3 Å². The highest BCUT2D eigenvalue weighted by Crippen LogP contribution is 2.31. The Labute approximate surface area is 110 Å². The summed E-state index contributed by atoms with van der Waals surface area (Å²) in [5.41, 5.74) is -0.779. The van der Waals surface area contributed by atoms with Gasteiger partial charge in [0.05, 0.1) is 5.60 Å². The van der Waals surface area contributed by atoms with Crippen molar-refractivity contribution in [2.24, 2.45) is 0 Å². The number of ether oxygens (including phenoxy) is 1. The highest BCUT2D eigenvalue weighted by Gasteiger charge is 2.32. The van der Waals surface area contributed by atoms with Crippen molar-refractivity contribution in [3.63, 3.8) is 0 Å². The Morgan fingerprint density at radius 3 is 2.67 bits per heavy atom. The Hall–Kier alpha value is -1.26. The first-order chi connectivity index (χ1) is 8.50. The van der Waals surface area contributed by atoms with Crippen LogP contribution in [-0.2, 0) is 0 Å². The molecule has 0 aliphatic heterocycles. The second-order valence-electron chi connectivity index (χ2n) is 4.67. The predicted octanol–water partition coefficient (Wildman–Crippen LogP) is 2.72. The van der Waals surface area contributed by atoms with Crippen molar-refractivity contribution in [3.8, 4) is 5.75 Å². The molecule has 0 bridgehead atoms. The molecule has 0 radical (unpaired) electrons. The lowest BCUT2D eigenvalue weighted by atomic mass is 10.0. The van der Waals surface area contributed by atoms with Gasteiger partial charge in [0, 0.05) is 5.02 Å². The van der Waals surface area contributed by atoms with Crippen LogP contribution in [0.1, 0.15) is 36.0 Å². The van der Waals surface area contributed by atoms with Gasteiger partial charge in [0.1, 0.15) is 17.9 Å². The number of carboxylic acid groups (broad SMARTS) is 1. The fourth-order valence-corrected chi connectivity index (χ4v) is 2.34. The second kappa shape index (κ2) is 5.16. The standard InChI is InChI=1S/C13H15ClO4/c14-9-3-4-10(12(15)16)11(7-9)18-8-13(17)5-1-2-6-13/h3-4,7,17H,1-2,5-6,8H2,(H,15,16). The first-order valence-electron chi connectivity index (χ1n) is 5.88. The Morgan fingerprint density at radius 2 is 2.06 bits per heavy atom. The van der Waals surface area contributed by atoms with Gasteiger partial charge < -0.3 is 14.9 Å². The summed E-state index contributed by atoms with van der Waals surface area (Å²) in [7, 11) is 0. The third kappa shape index (κ3) is 2.94. The van der Waals surface area contributed by atoms with E-state index in [1.807, 2.05) is 0 Å². The molecule has 1 aliphatic carbocycles. The molecule has 1 fully saturated rings. The van der Waals surface area contributed by atoms with Crippen molar-refractivity contribution >= 4 is 17.6 Å². The molecule has 18 heavy (non-hydrogen) atoms. The molecule has 0 aromatic heterocycles. The summed E-state index contributed by atoms with van der Waals surface area (Å²) in [4.78, 5) is 11.0. The van der Waals surface area contributed by atoms with Crippen LogP contribution in [0.4, 0.5) is 0 Å². The van der Waals surface area contributed by atoms with E-state index in [-0.39, 0.29) is 17.9 Å². The molecule has 1 saturated carbocycles. The van der Waals surface area contributed by atoms with E-state index in [1.54, 1.807) is 0 Å². The normalized spacial score (nSPS) is 17.7. The van der Waals surface area contributed by atoms with Crippen LogP contribution in [0.25, 0.3) is 0 Å². The number of aliphatic hydroxyl groups is 1. The largest absolute Gasteiger partial charge is 0.490 e. The maximum absolute atomic E-state index is 11.0. The number of hydrogen-bond acceptors (Lipinski definition) is 3. The summed E-state index contributed by atoms with van der Waals surface area (Å²) in [5, 5.41) is 19.6. The molecule has 98 valence electrons. The van der Waals surface area contributed by atoms with Crippen molar-refractivity contribution < 1.29 is 19.7 Å². The summed E-state index contributed by atoms with van der Waals surface area (Å²) in [5.74, 6) is -0.865. The summed E-state index contributed by atoms with van der Waals surface area (Å²) in [6, 6.07) is 4.37. The second-order valence-corrected chi connectivity index (χ2v) is 5.10. The lowest BCUT2D eigenvalue weighted by molar-refractivity contribution is 0.000907. The quantitative estimate of drug-likeness (QED) is 0.883. The molecule has 0 saturated heterocycles. The highest BCUT2D eigenvalue weighted by molar-refractivity contribution is 6.30. The van der Waals surface area contributed by atoms with Gasteiger partial charge in [0.25, 0.3) is 0 Å². The Kier molecular flexibility index (Phi) is 3.78. The molecule has 0 unspecified atom stereocenters. The maximum atomic E-state index is 11.0. The van der Waals surface area contributed by atoms with Gasteiger partial charge in [0.2, 0.25) is 0 Å². The number of halogens is 1. The van der Waals surface area contributed by atoms with Crippen molar-refractivity contribution in [3.05, 3.63) is 28.8 Å². The smallest absolute Gasteiger partial charge is 0.339 e. The summed E-state index contributed by atoms with van der Waals surface area (Å²) in [6.07, 6.45) is 3.33. The van der Waals surface area contributed by atoms with Crippen LogP contribution in [0, 0.1) is 0 Å². The lowest BCUT2D eigenvalue weighted by Crippen LogP contribution is -2.32. The SMILES string of the molecule is O=C(O)c1ccc(Cl)cc1OCC1(O)CCCC1. The zero-order chi connectivity index (χ0) is 13.2. The van der Waals surface area contributed by atoms with E-state index in [1.165, 1.54) is 18.2 Å². The van der Waals surface area contributed by atoms with Crippen LogP contribution in [0.3, 0.4) is 0 Å². The number of carboxylic acids is 1. The van der Waals surface area contributed by atoms with Crippen LogP contribution >= 0.6 is 11.6 Å². The number of hydrogen-bond donors (Lipinski definition) is 2. The van der Waals surface area contributed by atoms with E-state index in [2.05, 4.69) is 0 Å². The van der Waals surface area contributed by atoms with Gasteiger partial charge in [-0.2, -0.15) is 0 Å². The minimum atomic E-state index is -1.07. The molecule has 2 N–H and O–H groups in total. The monoisotopic (exact) mass is 270 g/mol. The Balaban J connectivity index is 2.12. The summed E-state index contributed by atoms with van der Waals surface area (Å²) in [6.45, 7) is 0.105. The minimum Gasteiger partial charge on any atom is -0.490 e. The van der Waals surface area contributed by atoms with Crippen molar-refractivity contribution in [1.29, 1.82) is 0 Å². The minimum absolute atomic E-state index is 0.0565. The topological polar surface area (TPSA) is 66.8 Å². The molecule has 0 amide bonds. The first kappa shape index (κ1) is 13.2. The zero-order valence-corrected chi connectivity index (χ0v) is 10.6. The molecule has 0 spiro atoms. The van der Waals surface area contributed by atoms with Gasteiger partial charge in [-0.3, -0.25) is 0 Å². The first-order valence-corrected chi connectivity index (χ1v) is 6.26. The lowest BCUT2D eigenvalue weighted by Gasteiger charge is -2.22. The molecule has 4 nitrogen and oxygen atoms in total. The molecule has 5 heteroatoms. The molecular formula is C13H15ClO4.